The molecule has 5 rings (SSSR count). The molecule has 4 nitrogen and oxygen atoms in total. The van der Waals surface area contributed by atoms with E-state index in [4.69, 9.17) is 0 Å². The first-order valence-corrected chi connectivity index (χ1v) is 8.00. The van der Waals surface area contributed by atoms with Crippen molar-refractivity contribution in [3.8, 4) is 0 Å². The largest absolute Gasteiger partial charge is 0.387 e. The van der Waals surface area contributed by atoms with Crippen LogP contribution in [0.2, 0.25) is 0 Å². The number of benzene rings is 4. The summed E-state index contributed by atoms with van der Waals surface area (Å²) in [7, 11) is 0. The Morgan fingerprint density at radius 3 is 2.00 bits per heavy atom. The van der Waals surface area contributed by atoms with Crippen LogP contribution in [0.3, 0.4) is 0 Å². The predicted octanol–water partition coefficient (Wildman–Crippen LogP) is 2.39. The van der Waals surface area contributed by atoms with Gasteiger partial charge in [0.25, 0.3) is 0 Å². The van der Waals surface area contributed by atoms with Gasteiger partial charge in [0.1, 0.15) is 24.4 Å². The third kappa shape index (κ3) is 1.61. The summed E-state index contributed by atoms with van der Waals surface area (Å²) >= 11 is 0. The van der Waals surface area contributed by atoms with Crippen LogP contribution in [-0.4, -0.2) is 32.6 Å². The number of fused-ring (bicyclic) bond motifs is 2. The summed E-state index contributed by atoms with van der Waals surface area (Å²) in [5, 5.41) is 47.1. The first-order chi connectivity index (χ1) is 11.6. The molecule has 4 aromatic rings. The minimum Gasteiger partial charge on any atom is -0.387 e. The van der Waals surface area contributed by atoms with Crippen LogP contribution in [0.15, 0.2) is 48.5 Å². The molecule has 0 saturated carbocycles. The second-order valence-corrected chi connectivity index (χ2v) is 6.61. The van der Waals surface area contributed by atoms with E-state index in [1.807, 2.05) is 48.5 Å². The van der Waals surface area contributed by atoms with Crippen molar-refractivity contribution in [2.75, 3.05) is 0 Å². The Bertz CT molecular complexity index is 1070. The molecule has 0 unspecified atom stereocenters. The highest BCUT2D eigenvalue weighted by Gasteiger charge is 2.41. The predicted molar refractivity (Wildman–Crippen MR) is 92.1 cm³/mol. The fourth-order valence-corrected chi connectivity index (χ4v) is 4.16. The van der Waals surface area contributed by atoms with E-state index >= 15 is 0 Å². The van der Waals surface area contributed by atoms with E-state index in [9.17, 15) is 20.4 Å². The molecule has 4 atom stereocenters. The van der Waals surface area contributed by atoms with Gasteiger partial charge in [-0.25, -0.2) is 0 Å². The number of hydrogen-bond donors (Lipinski definition) is 4. The summed E-state index contributed by atoms with van der Waals surface area (Å²) in [6.45, 7) is 0. The number of hydrogen-bond acceptors (Lipinski definition) is 4. The minimum atomic E-state index is -1.41. The average Bonchev–Trinajstić information content (AvgIpc) is 2.62. The minimum absolute atomic E-state index is 0.478. The maximum Gasteiger partial charge on any atom is 0.113 e. The van der Waals surface area contributed by atoms with Crippen LogP contribution in [0.4, 0.5) is 0 Å². The molecule has 0 amide bonds. The van der Waals surface area contributed by atoms with Crippen LogP contribution in [0, 0.1) is 0 Å². The lowest BCUT2D eigenvalue weighted by molar-refractivity contribution is -0.119. The van der Waals surface area contributed by atoms with Gasteiger partial charge >= 0.3 is 0 Å². The standard InChI is InChI=1S/C20H16O4/c21-17-13-8-11-5-4-9-2-1-3-10-6-7-12(15(11)14(9)10)16(13)18(22)20(24)19(17)23/h1-8,17-24H/t17-,18-,19+,20-/m0/s1. The molecular weight excluding hydrogens is 304 g/mol. The van der Waals surface area contributed by atoms with Gasteiger partial charge in [-0.15, -0.1) is 0 Å². The van der Waals surface area contributed by atoms with E-state index in [1.165, 1.54) is 0 Å². The second kappa shape index (κ2) is 4.65. The molecule has 0 radical (unpaired) electrons. The lowest BCUT2D eigenvalue weighted by Crippen LogP contribution is -2.41. The first kappa shape index (κ1) is 14.1. The maximum absolute atomic E-state index is 10.5. The molecule has 0 aromatic heterocycles. The normalized spacial score (nSPS) is 27.2. The van der Waals surface area contributed by atoms with Crippen LogP contribution >= 0.6 is 0 Å². The molecule has 0 heterocycles. The molecule has 0 saturated heterocycles. The van der Waals surface area contributed by atoms with Crippen molar-refractivity contribution in [3.63, 3.8) is 0 Å². The Morgan fingerprint density at radius 1 is 0.625 bits per heavy atom. The van der Waals surface area contributed by atoms with E-state index in [1.54, 1.807) is 0 Å². The van der Waals surface area contributed by atoms with Gasteiger partial charge in [0.15, 0.2) is 0 Å². The molecule has 4 aromatic carbocycles. The van der Waals surface area contributed by atoms with E-state index in [-0.39, 0.29) is 0 Å². The summed E-state index contributed by atoms with van der Waals surface area (Å²) in [4.78, 5) is 0. The summed E-state index contributed by atoms with van der Waals surface area (Å²) in [5.74, 6) is 0. The first-order valence-electron chi connectivity index (χ1n) is 8.00. The Hall–Kier alpha value is -2.24. The summed E-state index contributed by atoms with van der Waals surface area (Å²) in [6.07, 6.45) is -5.27. The van der Waals surface area contributed by atoms with Gasteiger partial charge in [0.2, 0.25) is 0 Å². The van der Waals surface area contributed by atoms with E-state index in [0.717, 1.165) is 32.3 Å². The number of rotatable bonds is 0. The molecular formula is C20H16O4. The highest BCUT2D eigenvalue weighted by atomic mass is 16.4. The van der Waals surface area contributed by atoms with Crippen molar-refractivity contribution in [1.82, 2.24) is 0 Å². The van der Waals surface area contributed by atoms with Crippen molar-refractivity contribution < 1.29 is 20.4 Å². The van der Waals surface area contributed by atoms with Crippen LogP contribution in [0.1, 0.15) is 23.3 Å². The Morgan fingerprint density at radius 2 is 1.25 bits per heavy atom. The molecule has 1 aliphatic rings. The second-order valence-electron chi connectivity index (χ2n) is 6.61. The van der Waals surface area contributed by atoms with Crippen molar-refractivity contribution in [2.45, 2.75) is 24.4 Å². The molecule has 1 aliphatic carbocycles. The highest BCUT2D eigenvalue weighted by Crippen LogP contribution is 2.45. The Kier molecular flexibility index (Phi) is 2.74. The van der Waals surface area contributed by atoms with Crippen molar-refractivity contribution >= 4 is 32.3 Å². The smallest absolute Gasteiger partial charge is 0.113 e. The summed E-state index contributed by atoms with van der Waals surface area (Å²) in [6, 6.07) is 15.8. The van der Waals surface area contributed by atoms with Gasteiger partial charge < -0.3 is 20.4 Å². The van der Waals surface area contributed by atoms with Crippen LogP contribution in [0.5, 0.6) is 0 Å². The quantitative estimate of drug-likeness (QED) is 0.375. The molecule has 0 bridgehead atoms. The zero-order valence-electron chi connectivity index (χ0n) is 12.7. The summed E-state index contributed by atoms with van der Waals surface area (Å²) < 4.78 is 0. The maximum atomic E-state index is 10.5. The molecule has 4 N–H and O–H groups in total. The Balaban J connectivity index is 2.01. The van der Waals surface area contributed by atoms with Crippen molar-refractivity contribution in [3.05, 3.63) is 59.7 Å². The fraction of sp³-hybridized carbons (Fsp3) is 0.200. The fourth-order valence-electron chi connectivity index (χ4n) is 4.16. The SMILES string of the molecule is O[C@@H]1[C@H](O)[C@@H](O)c2cc3ccc4cccc5ccc(c2[C@@H]1O)c3c45. The van der Waals surface area contributed by atoms with Gasteiger partial charge in [-0.05, 0) is 49.5 Å². The van der Waals surface area contributed by atoms with Gasteiger partial charge in [-0.1, -0.05) is 42.5 Å². The number of aliphatic hydroxyl groups is 4. The van der Waals surface area contributed by atoms with Gasteiger partial charge in [0, 0.05) is 0 Å². The molecule has 120 valence electrons. The van der Waals surface area contributed by atoms with Gasteiger partial charge in [-0.3, -0.25) is 0 Å². The third-order valence-corrected chi connectivity index (χ3v) is 5.33. The Labute approximate surface area is 137 Å². The third-order valence-electron chi connectivity index (χ3n) is 5.33. The van der Waals surface area contributed by atoms with Crippen LogP contribution in [0.25, 0.3) is 32.3 Å². The zero-order chi connectivity index (χ0) is 16.6. The lowest BCUT2D eigenvalue weighted by Gasteiger charge is -2.35. The summed E-state index contributed by atoms with van der Waals surface area (Å²) in [5.41, 5.74) is 0.984. The molecule has 0 aliphatic heterocycles. The highest BCUT2D eigenvalue weighted by molar-refractivity contribution is 6.23. The molecule has 24 heavy (non-hydrogen) atoms. The van der Waals surface area contributed by atoms with Crippen LogP contribution < -0.4 is 0 Å². The molecule has 0 spiro atoms. The average molecular weight is 320 g/mol. The molecule has 4 heteroatoms. The van der Waals surface area contributed by atoms with Crippen molar-refractivity contribution in [1.29, 1.82) is 0 Å². The zero-order valence-corrected chi connectivity index (χ0v) is 12.7. The topological polar surface area (TPSA) is 80.9 Å². The van der Waals surface area contributed by atoms with Crippen LogP contribution in [-0.2, 0) is 0 Å². The van der Waals surface area contributed by atoms with Gasteiger partial charge in [0.05, 0.1) is 0 Å². The van der Waals surface area contributed by atoms with E-state index < -0.39 is 24.4 Å². The van der Waals surface area contributed by atoms with E-state index in [2.05, 4.69) is 0 Å². The van der Waals surface area contributed by atoms with Crippen molar-refractivity contribution in [2.24, 2.45) is 0 Å². The molecule has 0 fully saturated rings. The monoisotopic (exact) mass is 320 g/mol. The number of aliphatic hydroxyl groups excluding tert-OH is 4. The van der Waals surface area contributed by atoms with E-state index in [0.29, 0.717) is 11.1 Å². The lowest BCUT2D eigenvalue weighted by atomic mass is 9.78. The van der Waals surface area contributed by atoms with Gasteiger partial charge in [-0.2, -0.15) is 0 Å².